The monoisotopic (exact) mass is 708 g/mol. The minimum absolute atomic E-state index is 0.0191. The van der Waals surface area contributed by atoms with Crippen LogP contribution in [0.15, 0.2) is 12.3 Å². The van der Waals surface area contributed by atoms with Gasteiger partial charge < -0.3 is 19.5 Å². The molecule has 0 aliphatic rings. The Kier molecular flexibility index (Phi) is 39.8. The van der Waals surface area contributed by atoms with Crippen LogP contribution < -0.4 is 0 Å². The number of unbranched alkanes of at least 4 members (excludes halogenated alkanes) is 24. The van der Waals surface area contributed by atoms with Gasteiger partial charge in [0, 0.05) is 18.9 Å². The molecule has 5 nitrogen and oxygen atoms in total. The summed E-state index contributed by atoms with van der Waals surface area (Å²) in [5, 5.41) is 9.56. The zero-order valence-corrected chi connectivity index (χ0v) is 34.3. The van der Waals surface area contributed by atoms with Crippen molar-refractivity contribution in [2.45, 2.75) is 226 Å². The second-order valence-electron chi connectivity index (χ2n) is 15.3. The Bertz CT molecular complexity index is 683. The van der Waals surface area contributed by atoms with Crippen molar-refractivity contribution in [2.75, 3.05) is 39.5 Å². The first kappa shape index (κ1) is 48.9. The van der Waals surface area contributed by atoms with E-state index in [2.05, 4.69) is 32.3 Å². The number of rotatable bonds is 42. The number of aliphatic hydroxyl groups excluding tert-OH is 1. The summed E-state index contributed by atoms with van der Waals surface area (Å²) in [5.74, 6) is 1.58. The molecule has 0 atom stereocenters. The summed E-state index contributed by atoms with van der Waals surface area (Å²) in [5.41, 5.74) is 0. The lowest BCUT2D eigenvalue weighted by molar-refractivity contribution is -0.143. The Morgan fingerprint density at radius 3 is 1.34 bits per heavy atom. The average molecular weight is 708 g/mol. The van der Waals surface area contributed by atoms with Gasteiger partial charge in [-0.2, -0.15) is 0 Å². The van der Waals surface area contributed by atoms with Gasteiger partial charge in [-0.3, -0.25) is 4.79 Å². The van der Waals surface area contributed by atoms with Crippen molar-refractivity contribution in [1.29, 1.82) is 0 Å². The molecule has 0 heterocycles. The van der Waals surface area contributed by atoms with Crippen LogP contribution in [0.25, 0.3) is 0 Å². The first-order chi connectivity index (χ1) is 24.6. The fourth-order valence-corrected chi connectivity index (χ4v) is 7.03. The maximum absolute atomic E-state index is 12.0. The predicted octanol–water partition coefficient (Wildman–Crippen LogP) is 13.5. The highest BCUT2D eigenvalue weighted by Gasteiger charge is 2.14. The van der Waals surface area contributed by atoms with Crippen LogP contribution in [-0.4, -0.2) is 55.4 Å². The molecule has 0 saturated heterocycles. The summed E-state index contributed by atoms with van der Waals surface area (Å²) >= 11 is 0. The number of nitrogens with zero attached hydrogens (tertiary/aromatic N) is 1. The molecule has 0 aromatic carbocycles. The highest BCUT2D eigenvalue weighted by molar-refractivity contribution is 5.69. The van der Waals surface area contributed by atoms with Gasteiger partial charge in [-0.1, -0.05) is 181 Å². The molecule has 5 heteroatoms. The average Bonchev–Trinajstić information content (AvgIpc) is 3.11. The van der Waals surface area contributed by atoms with E-state index in [0.29, 0.717) is 18.9 Å². The second-order valence-corrected chi connectivity index (χ2v) is 15.3. The third-order valence-electron chi connectivity index (χ3n) is 10.5. The number of carbonyl (C=O) groups is 1. The first-order valence-corrected chi connectivity index (χ1v) is 22.4. The number of carbonyl (C=O) groups excluding carboxylic acids is 1. The molecular weight excluding hydrogens is 618 g/mol. The summed E-state index contributed by atoms with van der Waals surface area (Å²) in [6.45, 7) is 15.8. The first-order valence-electron chi connectivity index (χ1n) is 22.4. The molecule has 0 spiro atoms. The van der Waals surface area contributed by atoms with E-state index in [1.807, 2.05) is 0 Å². The number of hydrogen-bond donors (Lipinski definition) is 1. The molecule has 298 valence electrons. The second kappa shape index (κ2) is 40.7. The summed E-state index contributed by atoms with van der Waals surface area (Å²) < 4.78 is 11.7. The lowest BCUT2D eigenvalue weighted by atomic mass is 9.93. The van der Waals surface area contributed by atoms with E-state index in [4.69, 9.17) is 9.47 Å². The summed E-state index contributed by atoms with van der Waals surface area (Å²) in [6.07, 6.45) is 39.7. The zero-order valence-electron chi connectivity index (χ0n) is 34.3. The van der Waals surface area contributed by atoms with Crippen LogP contribution in [-0.2, 0) is 14.3 Å². The molecule has 0 unspecified atom stereocenters. The Labute approximate surface area is 313 Å². The quantitative estimate of drug-likeness (QED) is 0.0389. The standard InChI is InChI=1S/C45H89NO4/c1-5-8-11-14-17-25-33-42-50-45(48)36-29-22-18-23-30-37-46(39-40-47)38-31-24-19-26-32-41-49-43(4)44(34-27-20-15-12-9-6-2)35-28-21-16-13-10-7-3/h44,47H,4-42H2,1-3H3. The lowest BCUT2D eigenvalue weighted by Crippen LogP contribution is -2.29. The van der Waals surface area contributed by atoms with Crippen molar-refractivity contribution in [3.63, 3.8) is 0 Å². The van der Waals surface area contributed by atoms with Gasteiger partial charge in [-0.05, 0) is 58.0 Å². The van der Waals surface area contributed by atoms with Gasteiger partial charge in [0.15, 0.2) is 0 Å². The molecule has 0 amide bonds. The minimum atomic E-state index is -0.0191. The van der Waals surface area contributed by atoms with E-state index < -0.39 is 0 Å². The summed E-state index contributed by atoms with van der Waals surface area (Å²) in [7, 11) is 0. The van der Waals surface area contributed by atoms with E-state index in [0.717, 1.165) is 57.7 Å². The maximum atomic E-state index is 12.0. The smallest absolute Gasteiger partial charge is 0.305 e. The van der Waals surface area contributed by atoms with E-state index in [1.165, 1.54) is 173 Å². The highest BCUT2D eigenvalue weighted by Crippen LogP contribution is 2.26. The fraction of sp³-hybridized carbons (Fsp3) is 0.933. The molecule has 0 radical (unpaired) electrons. The Balaban J connectivity index is 3.94. The largest absolute Gasteiger partial charge is 0.498 e. The third kappa shape index (κ3) is 35.3. The molecule has 0 saturated carbocycles. The number of ether oxygens (including phenoxy) is 2. The molecule has 0 fully saturated rings. The molecule has 0 rings (SSSR count). The van der Waals surface area contributed by atoms with Gasteiger partial charge >= 0.3 is 5.97 Å². The molecule has 50 heavy (non-hydrogen) atoms. The van der Waals surface area contributed by atoms with Crippen LogP contribution in [0.2, 0.25) is 0 Å². The summed E-state index contributed by atoms with van der Waals surface area (Å²) in [4.78, 5) is 14.4. The normalized spacial score (nSPS) is 11.6. The van der Waals surface area contributed by atoms with Crippen molar-refractivity contribution in [1.82, 2.24) is 4.90 Å². The van der Waals surface area contributed by atoms with Gasteiger partial charge in [0.25, 0.3) is 0 Å². The molecule has 0 aromatic rings. The van der Waals surface area contributed by atoms with Crippen molar-refractivity contribution in [3.8, 4) is 0 Å². The molecule has 1 N–H and O–H groups in total. The molecule has 0 aromatic heterocycles. The molecule has 0 aliphatic heterocycles. The number of esters is 1. The molecular formula is C45H89NO4. The van der Waals surface area contributed by atoms with Crippen molar-refractivity contribution in [2.24, 2.45) is 5.92 Å². The van der Waals surface area contributed by atoms with E-state index in [1.54, 1.807) is 0 Å². The van der Waals surface area contributed by atoms with Crippen LogP contribution in [0.5, 0.6) is 0 Å². The van der Waals surface area contributed by atoms with Gasteiger partial charge in [-0.15, -0.1) is 0 Å². The van der Waals surface area contributed by atoms with Crippen molar-refractivity contribution >= 4 is 5.97 Å². The van der Waals surface area contributed by atoms with E-state index in [-0.39, 0.29) is 12.6 Å². The number of hydrogen-bond acceptors (Lipinski definition) is 5. The molecule has 0 aliphatic carbocycles. The van der Waals surface area contributed by atoms with Crippen molar-refractivity contribution < 1.29 is 19.4 Å². The van der Waals surface area contributed by atoms with Crippen molar-refractivity contribution in [3.05, 3.63) is 12.3 Å². The lowest BCUT2D eigenvalue weighted by Gasteiger charge is -2.21. The predicted molar refractivity (Wildman–Crippen MR) is 218 cm³/mol. The Morgan fingerprint density at radius 2 is 0.880 bits per heavy atom. The Morgan fingerprint density at radius 1 is 0.500 bits per heavy atom. The van der Waals surface area contributed by atoms with Crippen LogP contribution in [0.3, 0.4) is 0 Å². The fourth-order valence-electron chi connectivity index (χ4n) is 7.03. The SMILES string of the molecule is C=C(OCCCCCCCN(CCO)CCCCCCCC(=O)OCCCCCCCCC)C(CCCCCCCC)CCCCCCCC. The minimum Gasteiger partial charge on any atom is -0.498 e. The Hall–Kier alpha value is -1.07. The van der Waals surface area contributed by atoms with Crippen LogP contribution in [0, 0.1) is 5.92 Å². The van der Waals surface area contributed by atoms with Gasteiger partial charge in [0.1, 0.15) is 0 Å². The van der Waals surface area contributed by atoms with Gasteiger partial charge in [-0.25, -0.2) is 0 Å². The van der Waals surface area contributed by atoms with Crippen LogP contribution in [0.1, 0.15) is 226 Å². The maximum Gasteiger partial charge on any atom is 0.305 e. The molecule has 0 bridgehead atoms. The van der Waals surface area contributed by atoms with Gasteiger partial charge in [0.2, 0.25) is 0 Å². The summed E-state index contributed by atoms with van der Waals surface area (Å²) in [6, 6.07) is 0. The van der Waals surface area contributed by atoms with E-state index in [9.17, 15) is 9.90 Å². The van der Waals surface area contributed by atoms with E-state index >= 15 is 0 Å². The van der Waals surface area contributed by atoms with Gasteiger partial charge in [0.05, 0.1) is 25.6 Å². The van der Waals surface area contributed by atoms with Crippen LogP contribution >= 0.6 is 0 Å². The van der Waals surface area contributed by atoms with Crippen LogP contribution in [0.4, 0.5) is 0 Å². The zero-order chi connectivity index (χ0) is 36.6. The number of allylic oxidation sites excluding steroid dienone is 1. The topological polar surface area (TPSA) is 59.0 Å². The number of aliphatic hydroxyl groups is 1. The highest BCUT2D eigenvalue weighted by atomic mass is 16.5. The third-order valence-corrected chi connectivity index (χ3v) is 10.5.